The Bertz CT molecular complexity index is 445. The third-order valence-corrected chi connectivity index (χ3v) is 3.31. The first-order valence-corrected chi connectivity index (χ1v) is 6.19. The lowest BCUT2D eigenvalue weighted by atomic mass is 10.1. The summed E-state index contributed by atoms with van der Waals surface area (Å²) in [7, 11) is 0. The summed E-state index contributed by atoms with van der Waals surface area (Å²) in [5.41, 5.74) is 1.87. The second kappa shape index (κ2) is 5.21. The molecule has 1 aliphatic heterocycles. The van der Waals surface area contributed by atoms with Crippen molar-refractivity contribution in [3.05, 3.63) is 35.4 Å². The van der Waals surface area contributed by atoms with Gasteiger partial charge in [-0.3, -0.25) is 9.59 Å². The molecule has 0 aromatic heterocycles. The summed E-state index contributed by atoms with van der Waals surface area (Å²) in [4.78, 5) is 27.0. The van der Waals surface area contributed by atoms with Gasteiger partial charge in [-0.15, -0.1) is 0 Å². The average Bonchev–Trinajstić information content (AvgIpc) is 2.39. The molecule has 0 unspecified atom stereocenters. The number of aryl methyl sites for hydroxylation is 1. The van der Waals surface area contributed by atoms with E-state index in [1.54, 1.807) is 11.8 Å². The van der Waals surface area contributed by atoms with Crippen molar-refractivity contribution < 1.29 is 9.59 Å². The van der Waals surface area contributed by atoms with Gasteiger partial charge in [0.1, 0.15) is 0 Å². The Balaban J connectivity index is 1.99. The third-order valence-electron chi connectivity index (χ3n) is 3.31. The standard InChI is InChI=1S/C14H18N2O2/c1-11-3-5-13(6-4-11)14(18)16-9-7-15(8-10-16)12(2)17/h3-6H,7-10H2,1-2H3. The van der Waals surface area contributed by atoms with Crippen LogP contribution in [0.5, 0.6) is 0 Å². The van der Waals surface area contributed by atoms with Crippen LogP contribution in [0.15, 0.2) is 24.3 Å². The molecule has 2 amide bonds. The maximum atomic E-state index is 12.2. The largest absolute Gasteiger partial charge is 0.339 e. The summed E-state index contributed by atoms with van der Waals surface area (Å²) < 4.78 is 0. The number of carbonyl (C=O) groups is 2. The first kappa shape index (κ1) is 12.6. The Hall–Kier alpha value is -1.84. The molecule has 1 aromatic carbocycles. The number of nitrogens with zero attached hydrogens (tertiary/aromatic N) is 2. The second-order valence-corrected chi connectivity index (χ2v) is 4.66. The van der Waals surface area contributed by atoms with Crippen molar-refractivity contribution in [2.45, 2.75) is 13.8 Å². The lowest BCUT2D eigenvalue weighted by Gasteiger charge is -2.34. The van der Waals surface area contributed by atoms with E-state index in [0.717, 1.165) is 11.1 Å². The molecular weight excluding hydrogens is 228 g/mol. The quantitative estimate of drug-likeness (QED) is 0.749. The van der Waals surface area contributed by atoms with E-state index >= 15 is 0 Å². The molecule has 1 fully saturated rings. The van der Waals surface area contributed by atoms with Gasteiger partial charge in [-0.1, -0.05) is 17.7 Å². The summed E-state index contributed by atoms with van der Waals surface area (Å²) in [6.45, 7) is 6.07. The van der Waals surface area contributed by atoms with Gasteiger partial charge in [0.2, 0.25) is 5.91 Å². The zero-order valence-corrected chi connectivity index (χ0v) is 10.8. The zero-order valence-electron chi connectivity index (χ0n) is 10.8. The van der Waals surface area contributed by atoms with Gasteiger partial charge in [0, 0.05) is 38.7 Å². The smallest absolute Gasteiger partial charge is 0.253 e. The fraction of sp³-hybridized carbons (Fsp3) is 0.429. The summed E-state index contributed by atoms with van der Waals surface area (Å²) in [5.74, 6) is 0.135. The molecule has 1 aliphatic rings. The number of piperazine rings is 1. The second-order valence-electron chi connectivity index (χ2n) is 4.66. The van der Waals surface area contributed by atoms with Gasteiger partial charge < -0.3 is 9.80 Å². The lowest BCUT2D eigenvalue weighted by Crippen LogP contribution is -2.50. The highest BCUT2D eigenvalue weighted by atomic mass is 16.2. The molecule has 0 N–H and O–H groups in total. The highest BCUT2D eigenvalue weighted by molar-refractivity contribution is 5.94. The third kappa shape index (κ3) is 2.70. The SMILES string of the molecule is CC(=O)N1CCN(C(=O)c2ccc(C)cc2)CC1. The zero-order chi connectivity index (χ0) is 13.1. The van der Waals surface area contributed by atoms with Crippen molar-refractivity contribution >= 4 is 11.8 Å². The molecule has 1 aromatic rings. The Morgan fingerprint density at radius 2 is 1.44 bits per heavy atom. The van der Waals surface area contributed by atoms with E-state index in [2.05, 4.69) is 0 Å². The van der Waals surface area contributed by atoms with E-state index in [1.807, 2.05) is 36.1 Å². The van der Waals surface area contributed by atoms with Crippen molar-refractivity contribution in [2.75, 3.05) is 26.2 Å². The summed E-state index contributed by atoms with van der Waals surface area (Å²) >= 11 is 0. The number of hydrogen-bond acceptors (Lipinski definition) is 2. The van der Waals surface area contributed by atoms with Gasteiger partial charge >= 0.3 is 0 Å². The van der Waals surface area contributed by atoms with E-state index < -0.39 is 0 Å². The first-order chi connectivity index (χ1) is 8.58. The molecular formula is C14H18N2O2. The molecule has 2 rings (SSSR count). The van der Waals surface area contributed by atoms with Crippen LogP contribution >= 0.6 is 0 Å². The molecule has 4 nitrogen and oxygen atoms in total. The molecule has 18 heavy (non-hydrogen) atoms. The highest BCUT2D eigenvalue weighted by Gasteiger charge is 2.22. The summed E-state index contributed by atoms with van der Waals surface area (Å²) in [6.07, 6.45) is 0. The topological polar surface area (TPSA) is 40.6 Å². The predicted octanol–water partition coefficient (Wildman–Crippen LogP) is 1.30. The number of rotatable bonds is 1. The maximum Gasteiger partial charge on any atom is 0.253 e. The maximum absolute atomic E-state index is 12.2. The number of hydrogen-bond donors (Lipinski definition) is 0. The normalized spacial score (nSPS) is 15.7. The van der Waals surface area contributed by atoms with Crippen molar-refractivity contribution in [3.8, 4) is 0 Å². The first-order valence-electron chi connectivity index (χ1n) is 6.19. The van der Waals surface area contributed by atoms with Crippen LogP contribution in [0.1, 0.15) is 22.8 Å². The van der Waals surface area contributed by atoms with Crippen molar-refractivity contribution in [1.82, 2.24) is 9.80 Å². The van der Waals surface area contributed by atoms with Gasteiger partial charge in [0.25, 0.3) is 5.91 Å². The molecule has 0 bridgehead atoms. The van der Waals surface area contributed by atoms with Crippen LogP contribution in [0.4, 0.5) is 0 Å². The van der Waals surface area contributed by atoms with Gasteiger partial charge in [-0.2, -0.15) is 0 Å². The van der Waals surface area contributed by atoms with Crippen LogP contribution in [-0.2, 0) is 4.79 Å². The molecule has 0 saturated carbocycles. The molecule has 0 aliphatic carbocycles. The molecule has 96 valence electrons. The Kier molecular flexibility index (Phi) is 3.65. The van der Waals surface area contributed by atoms with Crippen LogP contribution in [-0.4, -0.2) is 47.8 Å². The van der Waals surface area contributed by atoms with Crippen molar-refractivity contribution in [1.29, 1.82) is 0 Å². The lowest BCUT2D eigenvalue weighted by molar-refractivity contribution is -0.130. The Morgan fingerprint density at radius 3 is 1.94 bits per heavy atom. The summed E-state index contributed by atoms with van der Waals surface area (Å²) in [5, 5.41) is 0. The van der Waals surface area contributed by atoms with E-state index in [0.29, 0.717) is 26.2 Å². The molecule has 0 atom stereocenters. The van der Waals surface area contributed by atoms with Gasteiger partial charge in [0.15, 0.2) is 0 Å². The fourth-order valence-electron chi connectivity index (χ4n) is 2.10. The van der Waals surface area contributed by atoms with Gasteiger partial charge in [0.05, 0.1) is 0 Å². The monoisotopic (exact) mass is 246 g/mol. The molecule has 4 heteroatoms. The van der Waals surface area contributed by atoms with Crippen LogP contribution in [0, 0.1) is 6.92 Å². The highest BCUT2D eigenvalue weighted by Crippen LogP contribution is 2.10. The number of amides is 2. The van der Waals surface area contributed by atoms with E-state index in [9.17, 15) is 9.59 Å². The minimum absolute atomic E-state index is 0.0539. The molecule has 0 radical (unpaired) electrons. The van der Waals surface area contributed by atoms with E-state index in [4.69, 9.17) is 0 Å². The van der Waals surface area contributed by atoms with Crippen LogP contribution in [0.3, 0.4) is 0 Å². The predicted molar refractivity (Wildman–Crippen MR) is 69.3 cm³/mol. The number of carbonyl (C=O) groups excluding carboxylic acids is 2. The fourth-order valence-corrected chi connectivity index (χ4v) is 2.10. The minimum Gasteiger partial charge on any atom is -0.339 e. The van der Waals surface area contributed by atoms with Gasteiger partial charge in [-0.05, 0) is 19.1 Å². The Labute approximate surface area is 107 Å². The van der Waals surface area contributed by atoms with E-state index in [-0.39, 0.29) is 11.8 Å². The molecule has 1 heterocycles. The average molecular weight is 246 g/mol. The summed E-state index contributed by atoms with van der Waals surface area (Å²) in [6, 6.07) is 7.60. The van der Waals surface area contributed by atoms with Crippen LogP contribution < -0.4 is 0 Å². The molecule has 1 saturated heterocycles. The van der Waals surface area contributed by atoms with Gasteiger partial charge in [-0.25, -0.2) is 0 Å². The number of benzene rings is 1. The van der Waals surface area contributed by atoms with Crippen LogP contribution in [0.2, 0.25) is 0 Å². The Morgan fingerprint density at radius 1 is 0.944 bits per heavy atom. The van der Waals surface area contributed by atoms with Crippen LogP contribution in [0.25, 0.3) is 0 Å². The van der Waals surface area contributed by atoms with Crippen molar-refractivity contribution in [3.63, 3.8) is 0 Å². The van der Waals surface area contributed by atoms with E-state index in [1.165, 1.54) is 0 Å². The molecule has 0 spiro atoms. The van der Waals surface area contributed by atoms with Crippen molar-refractivity contribution in [2.24, 2.45) is 0 Å². The minimum atomic E-state index is 0.0539.